The van der Waals surface area contributed by atoms with Crippen molar-refractivity contribution in [2.24, 2.45) is 5.73 Å². The maximum Gasteiger partial charge on any atom is 0.122 e. The van der Waals surface area contributed by atoms with Crippen LogP contribution in [-0.4, -0.2) is 39.6 Å². The molecule has 1 aromatic carbocycles. The van der Waals surface area contributed by atoms with Crippen molar-refractivity contribution in [3.63, 3.8) is 0 Å². The fraction of sp³-hybridized carbons (Fsp3) is 0.600. The third-order valence-corrected chi connectivity index (χ3v) is 2.67. The fourth-order valence-electron chi connectivity index (χ4n) is 1.61. The number of benzene rings is 1. The zero-order valence-electron chi connectivity index (χ0n) is 11.8. The van der Waals surface area contributed by atoms with E-state index in [1.165, 1.54) is 5.56 Å². The van der Waals surface area contributed by atoms with Gasteiger partial charge in [-0.05, 0) is 31.4 Å². The summed E-state index contributed by atoms with van der Waals surface area (Å²) in [6, 6.07) is 8.07. The van der Waals surface area contributed by atoms with Crippen LogP contribution in [0.5, 0.6) is 5.75 Å². The number of unbranched alkanes of at least 4 members (excludes halogenated alkanes) is 1. The number of hydrogen-bond donors (Lipinski definition) is 1. The zero-order chi connectivity index (χ0) is 13.8. The van der Waals surface area contributed by atoms with Gasteiger partial charge < -0.3 is 19.9 Å². The lowest BCUT2D eigenvalue weighted by molar-refractivity contribution is 0.0484. The lowest BCUT2D eigenvalue weighted by Crippen LogP contribution is -2.12. The Morgan fingerprint density at radius 2 is 1.58 bits per heavy atom. The Morgan fingerprint density at radius 3 is 2.32 bits per heavy atom. The van der Waals surface area contributed by atoms with Crippen molar-refractivity contribution in [3.8, 4) is 5.75 Å². The highest BCUT2D eigenvalue weighted by Gasteiger charge is 1.97. The first-order valence-electron chi connectivity index (χ1n) is 6.88. The first-order valence-corrected chi connectivity index (χ1v) is 6.88. The summed E-state index contributed by atoms with van der Waals surface area (Å²) in [7, 11) is 0. The SMILES string of the molecule is Cc1ccccc1OCCCCOCCOCCN. The van der Waals surface area contributed by atoms with E-state index in [9.17, 15) is 0 Å². The van der Waals surface area contributed by atoms with E-state index in [1.807, 2.05) is 18.2 Å². The maximum atomic E-state index is 5.70. The molecule has 1 aromatic rings. The smallest absolute Gasteiger partial charge is 0.122 e. The van der Waals surface area contributed by atoms with Crippen LogP contribution in [0, 0.1) is 6.92 Å². The molecule has 0 heterocycles. The molecule has 0 aromatic heterocycles. The number of ether oxygens (including phenoxy) is 3. The monoisotopic (exact) mass is 267 g/mol. The minimum atomic E-state index is 0.566. The molecule has 2 N–H and O–H groups in total. The maximum absolute atomic E-state index is 5.70. The van der Waals surface area contributed by atoms with Crippen molar-refractivity contribution >= 4 is 0 Å². The van der Waals surface area contributed by atoms with E-state index in [0.717, 1.165) is 31.8 Å². The van der Waals surface area contributed by atoms with E-state index >= 15 is 0 Å². The second-order valence-electron chi connectivity index (χ2n) is 4.33. The van der Waals surface area contributed by atoms with Crippen LogP contribution >= 0.6 is 0 Å². The molecule has 0 atom stereocenters. The molecule has 108 valence electrons. The molecule has 0 aliphatic heterocycles. The standard InChI is InChI=1S/C15H25NO3/c1-14-6-2-3-7-15(14)19-10-5-4-9-17-12-13-18-11-8-16/h2-3,6-7H,4-5,8-13,16H2,1H3. The number of rotatable bonds is 11. The molecular formula is C15H25NO3. The molecule has 0 saturated carbocycles. The van der Waals surface area contributed by atoms with Crippen molar-refractivity contribution < 1.29 is 14.2 Å². The van der Waals surface area contributed by atoms with Crippen LogP contribution in [0.2, 0.25) is 0 Å². The van der Waals surface area contributed by atoms with Gasteiger partial charge in [0.25, 0.3) is 0 Å². The highest BCUT2D eigenvalue weighted by atomic mass is 16.5. The lowest BCUT2D eigenvalue weighted by atomic mass is 10.2. The fourth-order valence-corrected chi connectivity index (χ4v) is 1.61. The van der Waals surface area contributed by atoms with E-state index in [0.29, 0.717) is 26.4 Å². The van der Waals surface area contributed by atoms with Gasteiger partial charge in [0.15, 0.2) is 0 Å². The third kappa shape index (κ3) is 7.82. The number of aryl methyl sites for hydroxylation is 1. The van der Waals surface area contributed by atoms with Crippen LogP contribution in [0.25, 0.3) is 0 Å². The topological polar surface area (TPSA) is 53.7 Å². The molecule has 0 aliphatic carbocycles. The summed E-state index contributed by atoms with van der Waals surface area (Å²) in [5, 5.41) is 0. The molecule has 0 radical (unpaired) electrons. The number of para-hydroxylation sites is 1. The Labute approximate surface area is 115 Å². The van der Waals surface area contributed by atoms with Crippen LogP contribution in [-0.2, 0) is 9.47 Å². The highest BCUT2D eigenvalue weighted by molar-refractivity contribution is 5.31. The van der Waals surface area contributed by atoms with Gasteiger partial charge in [0.05, 0.1) is 26.4 Å². The predicted octanol–water partition coefficient (Wildman–Crippen LogP) is 2.15. The van der Waals surface area contributed by atoms with Gasteiger partial charge in [-0.25, -0.2) is 0 Å². The minimum Gasteiger partial charge on any atom is -0.493 e. The van der Waals surface area contributed by atoms with Crippen molar-refractivity contribution in [2.45, 2.75) is 19.8 Å². The second kappa shape index (κ2) is 10.8. The van der Waals surface area contributed by atoms with Gasteiger partial charge in [0.1, 0.15) is 5.75 Å². The quantitative estimate of drug-likeness (QED) is 0.624. The van der Waals surface area contributed by atoms with Crippen molar-refractivity contribution in [2.75, 3.05) is 39.6 Å². The van der Waals surface area contributed by atoms with E-state index < -0.39 is 0 Å². The summed E-state index contributed by atoms with van der Waals surface area (Å²) in [6.07, 6.45) is 2.00. The van der Waals surface area contributed by atoms with Gasteiger partial charge in [0.2, 0.25) is 0 Å². The van der Waals surface area contributed by atoms with E-state index in [2.05, 4.69) is 13.0 Å². The van der Waals surface area contributed by atoms with Crippen molar-refractivity contribution in [3.05, 3.63) is 29.8 Å². The molecule has 19 heavy (non-hydrogen) atoms. The molecule has 0 spiro atoms. The molecule has 0 bridgehead atoms. The van der Waals surface area contributed by atoms with E-state index in [1.54, 1.807) is 0 Å². The zero-order valence-corrected chi connectivity index (χ0v) is 11.8. The normalized spacial score (nSPS) is 10.6. The molecular weight excluding hydrogens is 242 g/mol. The summed E-state index contributed by atoms with van der Waals surface area (Å²) in [6.45, 7) is 5.97. The predicted molar refractivity (Wildman–Crippen MR) is 76.6 cm³/mol. The molecule has 4 heteroatoms. The van der Waals surface area contributed by atoms with Crippen LogP contribution in [0.1, 0.15) is 18.4 Å². The van der Waals surface area contributed by atoms with Gasteiger partial charge in [0, 0.05) is 13.2 Å². The summed E-state index contributed by atoms with van der Waals surface area (Å²) in [4.78, 5) is 0. The Morgan fingerprint density at radius 1 is 0.895 bits per heavy atom. The molecule has 0 saturated heterocycles. The van der Waals surface area contributed by atoms with Gasteiger partial charge in [-0.15, -0.1) is 0 Å². The molecule has 1 rings (SSSR count). The van der Waals surface area contributed by atoms with Crippen LogP contribution in [0.3, 0.4) is 0 Å². The summed E-state index contributed by atoms with van der Waals surface area (Å²) >= 11 is 0. The number of hydrogen-bond acceptors (Lipinski definition) is 4. The molecule has 0 amide bonds. The summed E-state index contributed by atoms with van der Waals surface area (Å²) in [5.74, 6) is 0.971. The largest absolute Gasteiger partial charge is 0.493 e. The van der Waals surface area contributed by atoms with Crippen LogP contribution < -0.4 is 10.5 Å². The highest BCUT2D eigenvalue weighted by Crippen LogP contribution is 2.16. The van der Waals surface area contributed by atoms with Gasteiger partial charge >= 0.3 is 0 Å². The lowest BCUT2D eigenvalue weighted by Gasteiger charge is -2.09. The third-order valence-electron chi connectivity index (χ3n) is 2.67. The van der Waals surface area contributed by atoms with Gasteiger partial charge in [-0.3, -0.25) is 0 Å². The molecule has 0 unspecified atom stereocenters. The minimum absolute atomic E-state index is 0.566. The Hall–Kier alpha value is -1.10. The van der Waals surface area contributed by atoms with Crippen molar-refractivity contribution in [1.82, 2.24) is 0 Å². The van der Waals surface area contributed by atoms with Gasteiger partial charge in [-0.1, -0.05) is 18.2 Å². The average Bonchev–Trinajstić information content (AvgIpc) is 2.43. The second-order valence-corrected chi connectivity index (χ2v) is 4.33. The van der Waals surface area contributed by atoms with Crippen LogP contribution in [0.15, 0.2) is 24.3 Å². The molecule has 0 aliphatic rings. The number of nitrogens with two attached hydrogens (primary N) is 1. The first kappa shape index (κ1) is 16.0. The average molecular weight is 267 g/mol. The van der Waals surface area contributed by atoms with Crippen molar-refractivity contribution in [1.29, 1.82) is 0 Å². The Balaban J connectivity index is 1.90. The summed E-state index contributed by atoms with van der Waals surface area (Å²) in [5.41, 5.74) is 6.48. The Bertz CT molecular complexity index is 331. The van der Waals surface area contributed by atoms with Crippen LogP contribution in [0.4, 0.5) is 0 Å². The molecule has 4 nitrogen and oxygen atoms in total. The molecule has 0 fully saturated rings. The van der Waals surface area contributed by atoms with E-state index in [4.69, 9.17) is 19.9 Å². The van der Waals surface area contributed by atoms with Gasteiger partial charge in [-0.2, -0.15) is 0 Å². The van der Waals surface area contributed by atoms with E-state index in [-0.39, 0.29) is 0 Å². The Kier molecular flexibility index (Phi) is 9.06. The summed E-state index contributed by atoms with van der Waals surface area (Å²) < 4.78 is 16.3. The first-order chi connectivity index (χ1) is 9.34.